The molecule has 23 heavy (non-hydrogen) atoms. The van der Waals surface area contributed by atoms with Crippen LogP contribution in [0.4, 0.5) is 0 Å². The predicted octanol–water partition coefficient (Wildman–Crippen LogP) is 2.42. The molecule has 1 aliphatic rings. The summed E-state index contributed by atoms with van der Waals surface area (Å²) in [5, 5.41) is 3.71. The van der Waals surface area contributed by atoms with Gasteiger partial charge in [-0.2, -0.15) is 0 Å². The summed E-state index contributed by atoms with van der Waals surface area (Å²) in [4.78, 5) is 23.2. The van der Waals surface area contributed by atoms with Gasteiger partial charge in [0.05, 0.1) is 5.75 Å². The minimum atomic E-state index is 0.0509. The van der Waals surface area contributed by atoms with E-state index < -0.39 is 0 Å². The molecule has 5 nitrogen and oxygen atoms in total. The molecule has 1 fully saturated rings. The Balaban J connectivity index is 1.70. The Kier molecular flexibility index (Phi) is 6.84. The van der Waals surface area contributed by atoms with Gasteiger partial charge in [-0.25, -0.2) is 9.97 Å². The van der Waals surface area contributed by atoms with Crippen LogP contribution in [0.25, 0.3) is 0 Å². The number of thioether (sulfide) groups is 1. The van der Waals surface area contributed by atoms with Crippen LogP contribution < -0.4 is 5.32 Å². The summed E-state index contributed by atoms with van der Waals surface area (Å²) in [6, 6.07) is 2.33. The van der Waals surface area contributed by atoms with Crippen LogP contribution in [0.1, 0.15) is 38.1 Å². The lowest BCUT2D eigenvalue weighted by Gasteiger charge is -2.35. The number of hydrogen-bond donors (Lipinski definition) is 1. The van der Waals surface area contributed by atoms with Crippen molar-refractivity contribution < 1.29 is 4.79 Å². The quantitative estimate of drug-likeness (QED) is 0.639. The lowest BCUT2D eigenvalue weighted by molar-refractivity contribution is -0.118. The summed E-state index contributed by atoms with van der Waals surface area (Å²) >= 11 is 1.40. The van der Waals surface area contributed by atoms with E-state index in [4.69, 9.17) is 0 Å². The second kappa shape index (κ2) is 8.64. The van der Waals surface area contributed by atoms with Crippen LogP contribution in [0.5, 0.6) is 0 Å². The Morgan fingerprint density at radius 2 is 1.96 bits per heavy atom. The summed E-state index contributed by atoms with van der Waals surface area (Å²) in [6.07, 6.45) is 2.52. The number of carbonyl (C=O) groups is 1. The van der Waals surface area contributed by atoms with Gasteiger partial charge in [-0.1, -0.05) is 18.7 Å². The molecule has 6 heteroatoms. The molecule has 1 aliphatic heterocycles. The number of nitrogens with one attached hydrogen (secondary N) is 1. The molecule has 0 aromatic carbocycles. The number of likely N-dealkylation sites (tertiary alicyclic amines) is 1. The lowest BCUT2D eigenvalue weighted by atomic mass is 9.98. The molecular weight excluding hydrogens is 308 g/mol. The molecule has 0 aliphatic carbocycles. The topological polar surface area (TPSA) is 58.1 Å². The van der Waals surface area contributed by atoms with Gasteiger partial charge in [-0.15, -0.1) is 0 Å². The molecule has 0 unspecified atom stereocenters. The SMILES string of the molecule is Cc1cc(C)nc(SCC(=O)NC[C@H](C)N2CCC(C)CC2)n1. The molecule has 1 atom stereocenters. The maximum absolute atomic E-state index is 12.0. The first-order chi connectivity index (χ1) is 10.9. The fourth-order valence-corrected chi connectivity index (χ4v) is 3.58. The smallest absolute Gasteiger partial charge is 0.230 e. The van der Waals surface area contributed by atoms with Crippen molar-refractivity contribution in [1.82, 2.24) is 20.2 Å². The lowest BCUT2D eigenvalue weighted by Crippen LogP contribution is -2.45. The van der Waals surface area contributed by atoms with E-state index in [2.05, 4.69) is 34.0 Å². The van der Waals surface area contributed by atoms with Crippen molar-refractivity contribution in [2.45, 2.75) is 51.7 Å². The predicted molar refractivity (Wildman–Crippen MR) is 94.7 cm³/mol. The number of piperidine rings is 1. The molecule has 1 aromatic heterocycles. The van der Waals surface area contributed by atoms with E-state index >= 15 is 0 Å². The highest BCUT2D eigenvalue weighted by atomic mass is 32.2. The molecule has 1 amide bonds. The molecule has 1 saturated heterocycles. The Bertz CT molecular complexity index is 509. The van der Waals surface area contributed by atoms with Gasteiger partial charge in [0.25, 0.3) is 0 Å². The summed E-state index contributed by atoms with van der Waals surface area (Å²) < 4.78 is 0. The average molecular weight is 337 g/mol. The second-order valence-electron chi connectivity index (χ2n) is 6.59. The van der Waals surface area contributed by atoms with Crippen LogP contribution in [-0.4, -0.2) is 52.2 Å². The summed E-state index contributed by atoms with van der Waals surface area (Å²) in [5.41, 5.74) is 1.88. The fourth-order valence-electron chi connectivity index (χ4n) is 2.80. The van der Waals surface area contributed by atoms with Crippen molar-refractivity contribution in [2.24, 2.45) is 5.92 Å². The Labute approximate surface area is 143 Å². The van der Waals surface area contributed by atoms with Gasteiger partial charge in [0, 0.05) is 24.0 Å². The number of carbonyl (C=O) groups excluding carboxylic acids is 1. The maximum atomic E-state index is 12.0. The number of amides is 1. The molecular formula is C17H28N4OS. The third kappa shape index (κ3) is 6.11. The van der Waals surface area contributed by atoms with Gasteiger partial charge < -0.3 is 5.32 Å². The van der Waals surface area contributed by atoms with Crippen molar-refractivity contribution >= 4 is 17.7 Å². The summed E-state index contributed by atoms with van der Waals surface area (Å²) in [5.74, 6) is 1.25. The third-order valence-corrected chi connectivity index (χ3v) is 5.18. The van der Waals surface area contributed by atoms with Crippen molar-refractivity contribution in [2.75, 3.05) is 25.4 Å². The standard InChI is InChI=1S/C17H28N4OS/c1-12-5-7-21(8-6-12)15(4)10-18-16(22)11-23-17-19-13(2)9-14(3)20-17/h9,12,15H,5-8,10-11H2,1-4H3,(H,18,22)/t15-/m0/s1. The summed E-state index contributed by atoms with van der Waals surface area (Å²) in [6.45, 7) is 11.4. The van der Waals surface area contributed by atoms with Crippen LogP contribution in [-0.2, 0) is 4.79 Å². The normalized spacial score (nSPS) is 17.9. The van der Waals surface area contributed by atoms with Crippen LogP contribution in [0.2, 0.25) is 0 Å². The molecule has 2 heterocycles. The molecule has 128 valence electrons. The Morgan fingerprint density at radius 3 is 2.57 bits per heavy atom. The minimum Gasteiger partial charge on any atom is -0.354 e. The van der Waals surface area contributed by atoms with Crippen molar-refractivity contribution in [3.63, 3.8) is 0 Å². The van der Waals surface area contributed by atoms with Crippen LogP contribution in [0.15, 0.2) is 11.2 Å². The van der Waals surface area contributed by atoms with Crippen molar-refractivity contribution in [1.29, 1.82) is 0 Å². The molecule has 1 N–H and O–H groups in total. The van der Waals surface area contributed by atoms with Gasteiger partial charge in [-0.05, 0) is 58.7 Å². The molecule has 2 rings (SSSR count). The molecule has 0 radical (unpaired) electrons. The van der Waals surface area contributed by atoms with Crippen LogP contribution >= 0.6 is 11.8 Å². The zero-order valence-electron chi connectivity index (χ0n) is 14.6. The monoisotopic (exact) mass is 336 g/mol. The maximum Gasteiger partial charge on any atom is 0.230 e. The fraction of sp³-hybridized carbons (Fsp3) is 0.706. The molecule has 0 saturated carbocycles. The highest BCUT2D eigenvalue weighted by Gasteiger charge is 2.20. The van der Waals surface area contributed by atoms with Crippen molar-refractivity contribution in [3.8, 4) is 0 Å². The third-order valence-electron chi connectivity index (χ3n) is 4.33. The highest BCUT2D eigenvalue weighted by Crippen LogP contribution is 2.18. The van der Waals surface area contributed by atoms with Crippen LogP contribution in [0.3, 0.4) is 0 Å². The van der Waals surface area contributed by atoms with E-state index in [9.17, 15) is 4.79 Å². The van der Waals surface area contributed by atoms with Gasteiger partial charge >= 0.3 is 0 Å². The average Bonchev–Trinajstić information content (AvgIpc) is 2.50. The van der Waals surface area contributed by atoms with Gasteiger partial charge in [0.15, 0.2) is 5.16 Å². The minimum absolute atomic E-state index is 0.0509. The number of aromatic nitrogens is 2. The van der Waals surface area contributed by atoms with Crippen molar-refractivity contribution in [3.05, 3.63) is 17.5 Å². The van der Waals surface area contributed by atoms with Gasteiger partial charge in [0.1, 0.15) is 0 Å². The Morgan fingerprint density at radius 1 is 1.35 bits per heavy atom. The second-order valence-corrected chi connectivity index (χ2v) is 7.54. The van der Waals surface area contributed by atoms with Gasteiger partial charge in [-0.3, -0.25) is 9.69 Å². The van der Waals surface area contributed by atoms with E-state index in [1.54, 1.807) is 0 Å². The molecule has 0 spiro atoms. The first kappa shape index (κ1) is 18.2. The van der Waals surface area contributed by atoms with E-state index in [0.29, 0.717) is 23.5 Å². The largest absolute Gasteiger partial charge is 0.354 e. The van der Waals surface area contributed by atoms with E-state index in [1.807, 2.05) is 19.9 Å². The molecule has 1 aromatic rings. The zero-order valence-corrected chi connectivity index (χ0v) is 15.4. The van der Waals surface area contributed by atoms with Gasteiger partial charge in [0.2, 0.25) is 5.91 Å². The van der Waals surface area contributed by atoms with E-state index in [-0.39, 0.29) is 5.91 Å². The summed E-state index contributed by atoms with van der Waals surface area (Å²) in [7, 11) is 0. The number of hydrogen-bond acceptors (Lipinski definition) is 5. The zero-order chi connectivity index (χ0) is 16.8. The number of rotatable bonds is 6. The van der Waals surface area contributed by atoms with E-state index in [0.717, 1.165) is 30.4 Å². The van der Waals surface area contributed by atoms with E-state index in [1.165, 1.54) is 24.6 Å². The number of nitrogens with zero attached hydrogens (tertiary/aromatic N) is 3. The first-order valence-electron chi connectivity index (χ1n) is 8.40. The first-order valence-corrected chi connectivity index (χ1v) is 9.38. The Hall–Kier alpha value is -1.14. The number of aryl methyl sites for hydroxylation is 2. The molecule has 0 bridgehead atoms. The van der Waals surface area contributed by atoms with Crippen LogP contribution in [0, 0.1) is 19.8 Å². The highest BCUT2D eigenvalue weighted by molar-refractivity contribution is 7.99.